The molecule has 0 spiro atoms. The van der Waals surface area contributed by atoms with Gasteiger partial charge in [0.15, 0.2) is 16.7 Å². The second-order valence-corrected chi connectivity index (χ2v) is 8.72. The van der Waals surface area contributed by atoms with Gasteiger partial charge in [0.2, 0.25) is 0 Å². The number of benzene rings is 3. The van der Waals surface area contributed by atoms with Gasteiger partial charge >= 0.3 is 0 Å². The van der Waals surface area contributed by atoms with Crippen LogP contribution in [0.4, 0.5) is 0 Å². The van der Waals surface area contributed by atoms with Crippen molar-refractivity contribution >= 4 is 34.8 Å². The predicted octanol–water partition coefficient (Wildman–Crippen LogP) is 3.66. The fourth-order valence-electron chi connectivity index (χ4n) is 3.66. The number of rotatable bonds is 10. The van der Waals surface area contributed by atoms with E-state index >= 15 is 0 Å². The van der Waals surface area contributed by atoms with Crippen LogP contribution in [-0.4, -0.2) is 55.9 Å². The van der Waals surface area contributed by atoms with E-state index in [1.165, 1.54) is 32.1 Å². The van der Waals surface area contributed by atoms with Crippen molar-refractivity contribution in [2.24, 2.45) is 5.10 Å². The number of para-hydroxylation sites is 1. The maximum atomic E-state index is 13.4. The Balaban J connectivity index is 1.54. The van der Waals surface area contributed by atoms with E-state index in [0.29, 0.717) is 50.3 Å². The summed E-state index contributed by atoms with van der Waals surface area (Å²) in [5.74, 6) is 1.76. The summed E-state index contributed by atoms with van der Waals surface area (Å²) in [6, 6.07) is 17.5. The van der Waals surface area contributed by atoms with Crippen molar-refractivity contribution < 1.29 is 23.7 Å². The molecule has 196 valence electrons. The fourth-order valence-corrected chi connectivity index (χ4v) is 4.46. The number of hydrogen-bond donors (Lipinski definition) is 1. The molecule has 11 heteroatoms. The summed E-state index contributed by atoms with van der Waals surface area (Å²) in [5.41, 5.74) is 4.00. The molecule has 0 saturated carbocycles. The first-order chi connectivity index (χ1) is 18.5. The van der Waals surface area contributed by atoms with Gasteiger partial charge in [-0.05, 0) is 42.5 Å². The number of carbonyl (C=O) groups is 1. The van der Waals surface area contributed by atoms with Crippen molar-refractivity contribution in [1.82, 2.24) is 15.0 Å². The number of aromatic nitrogens is 2. The summed E-state index contributed by atoms with van der Waals surface area (Å²) in [6.45, 7) is 0. The highest BCUT2D eigenvalue weighted by atomic mass is 32.2. The summed E-state index contributed by atoms with van der Waals surface area (Å²) in [4.78, 5) is 30.6. The van der Waals surface area contributed by atoms with E-state index in [4.69, 9.17) is 18.9 Å². The van der Waals surface area contributed by atoms with Crippen LogP contribution < -0.4 is 29.9 Å². The number of methoxy groups -OCH3 is 4. The normalized spacial score (nSPS) is 10.9. The zero-order valence-corrected chi connectivity index (χ0v) is 22.1. The number of fused-ring (bicyclic) bond motifs is 1. The average molecular weight is 535 g/mol. The molecule has 0 aliphatic carbocycles. The number of carbonyl (C=O) groups excluding carboxylic acids is 1. The Morgan fingerprint density at radius 2 is 1.63 bits per heavy atom. The first-order valence-corrected chi connectivity index (χ1v) is 12.4. The van der Waals surface area contributed by atoms with Crippen molar-refractivity contribution in [3.8, 4) is 28.7 Å². The average Bonchev–Trinajstić information content (AvgIpc) is 2.96. The Labute approximate surface area is 223 Å². The van der Waals surface area contributed by atoms with Gasteiger partial charge in [-0.15, -0.1) is 0 Å². The SMILES string of the molecule is COc1ccc(-n2c(SCC(=O)NN=Cc3cc(OC)c(OC)cc3OC)nc3ccccc3c2=O)cc1. The number of nitrogens with one attached hydrogen (secondary N) is 1. The number of amides is 1. The molecule has 38 heavy (non-hydrogen) atoms. The van der Waals surface area contributed by atoms with Gasteiger partial charge in [-0.1, -0.05) is 23.9 Å². The molecule has 1 amide bonds. The Bertz CT molecular complexity index is 1540. The molecule has 1 aromatic heterocycles. The van der Waals surface area contributed by atoms with Gasteiger partial charge in [-0.3, -0.25) is 14.2 Å². The lowest BCUT2D eigenvalue weighted by molar-refractivity contribution is -0.118. The molecule has 10 nitrogen and oxygen atoms in total. The molecule has 1 heterocycles. The number of thioether (sulfide) groups is 1. The molecular formula is C27H26N4O6S. The van der Waals surface area contributed by atoms with Crippen molar-refractivity contribution in [3.63, 3.8) is 0 Å². The van der Waals surface area contributed by atoms with E-state index in [1.54, 1.807) is 61.7 Å². The molecule has 4 rings (SSSR count). The zero-order valence-electron chi connectivity index (χ0n) is 21.3. The molecule has 0 radical (unpaired) electrons. The molecule has 0 aliphatic rings. The summed E-state index contributed by atoms with van der Waals surface area (Å²) in [5, 5.41) is 4.90. The largest absolute Gasteiger partial charge is 0.497 e. The third kappa shape index (κ3) is 5.73. The van der Waals surface area contributed by atoms with Gasteiger partial charge in [0.1, 0.15) is 11.5 Å². The molecule has 4 aromatic rings. The molecular weight excluding hydrogens is 508 g/mol. The minimum atomic E-state index is -0.380. The van der Waals surface area contributed by atoms with Crippen LogP contribution in [0.3, 0.4) is 0 Å². The van der Waals surface area contributed by atoms with Crippen molar-refractivity contribution in [2.75, 3.05) is 34.2 Å². The highest BCUT2D eigenvalue weighted by Crippen LogP contribution is 2.33. The lowest BCUT2D eigenvalue weighted by atomic mass is 10.2. The van der Waals surface area contributed by atoms with E-state index in [1.807, 2.05) is 6.07 Å². The van der Waals surface area contributed by atoms with Gasteiger partial charge in [-0.25, -0.2) is 10.4 Å². The van der Waals surface area contributed by atoms with Crippen LogP contribution in [0.15, 0.2) is 75.7 Å². The Morgan fingerprint density at radius 1 is 0.947 bits per heavy atom. The van der Waals surface area contributed by atoms with Crippen LogP contribution in [0.1, 0.15) is 5.56 Å². The Kier molecular flexibility index (Phi) is 8.49. The quantitative estimate of drug-likeness (QED) is 0.142. The minimum Gasteiger partial charge on any atom is -0.497 e. The van der Waals surface area contributed by atoms with Crippen LogP contribution >= 0.6 is 11.8 Å². The second-order valence-electron chi connectivity index (χ2n) is 7.78. The van der Waals surface area contributed by atoms with Crippen LogP contribution in [0.2, 0.25) is 0 Å². The van der Waals surface area contributed by atoms with Gasteiger partial charge < -0.3 is 18.9 Å². The highest BCUT2D eigenvalue weighted by molar-refractivity contribution is 7.99. The van der Waals surface area contributed by atoms with Gasteiger partial charge in [-0.2, -0.15) is 5.10 Å². The standard InChI is InChI=1S/C27H26N4O6S/c1-34-19-11-9-18(10-12-19)31-26(33)20-7-5-6-8-21(20)29-27(31)38-16-25(32)30-28-15-17-13-23(36-3)24(37-4)14-22(17)35-2/h5-15H,16H2,1-4H3,(H,30,32). The lowest BCUT2D eigenvalue weighted by Crippen LogP contribution is -2.24. The Hall–Kier alpha value is -4.51. The van der Waals surface area contributed by atoms with Gasteiger partial charge in [0.25, 0.3) is 11.5 Å². The number of hydrazone groups is 1. The number of ether oxygens (including phenoxy) is 4. The van der Waals surface area contributed by atoms with Crippen molar-refractivity contribution in [3.05, 3.63) is 76.6 Å². The monoisotopic (exact) mass is 534 g/mol. The number of nitrogens with zero attached hydrogens (tertiary/aromatic N) is 3. The van der Waals surface area contributed by atoms with Crippen molar-refractivity contribution in [2.45, 2.75) is 5.16 Å². The predicted molar refractivity (Wildman–Crippen MR) is 146 cm³/mol. The van der Waals surface area contributed by atoms with Crippen LogP contribution in [-0.2, 0) is 4.79 Å². The molecule has 0 bridgehead atoms. The van der Waals surface area contributed by atoms with Crippen LogP contribution in [0, 0.1) is 0 Å². The first-order valence-electron chi connectivity index (χ1n) is 11.4. The lowest BCUT2D eigenvalue weighted by Gasteiger charge is -2.13. The summed E-state index contributed by atoms with van der Waals surface area (Å²) in [6.07, 6.45) is 1.45. The maximum Gasteiger partial charge on any atom is 0.266 e. The molecule has 0 unspecified atom stereocenters. The Morgan fingerprint density at radius 3 is 2.32 bits per heavy atom. The van der Waals surface area contributed by atoms with Crippen LogP contribution in [0.5, 0.6) is 23.0 Å². The van der Waals surface area contributed by atoms with E-state index in [0.717, 1.165) is 11.8 Å². The molecule has 0 saturated heterocycles. The topological polar surface area (TPSA) is 113 Å². The summed E-state index contributed by atoms with van der Waals surface area (Å²) < 4.78 is 22.7. The van der Waals surface area contributed by atoms with Crippen LogP contribution in [0.25, 0.3) is 16.6 Å². The molecule has 0 aliphatic heterocycles. The molecule has 0 fully saturated rings. The third-order valence-corrected chi connectivity index (χ3v) is 6.48. The summed E-state index contributed by atoms with van der Waals surface area (Å²) >= 11 is 1.13. The van der Waals surface area contributed by atoms with E-state index in [2.05, 4.69) is 15.5 Å². The van der Waals surface area contributed by atoms with Gasteiger partial charge in [0, 0.05) is 11.6 Å². The van der Waals surface area contributed by atoms with Crippen molar-refractivity contribution in [1.29, 1.82) is 0 Å². The first kappa shape index (κ1) is 26.6. The maximum absolute atomic E-state index is 13.4. The summed E-state index contributed by atoms with van der Waals surface area (Å²) in [7, 11) is 6.15. The van der Waals surface area contributed by atoms with E-state index in [-0.39, 0.29) is 17.2 Å². The highest BCUT2D eigenvalue weighted by Gasteiger charge is 2.15. The molecule has 0 atom stereocenters. The van der Waals surface area contributed by atoms with E-state index in [9.17, 15) is 9.59 Å². The second kappa shape index (κ2) is 12.2. The van der Waals surface area contributed by atoms with E-state index < -0.39 is 0 Å². The number of hydrogen-bond acceptors (Lipinski definition) is 9. The third-order valence-electron chi connectivity index (χ3n) is 5.54. The zero-order chi connectivity index (χ0) is 27.1. The molecule has 3 aromatic carbocycles. The smallest absolute Gasteiger partial charge is 0.266 e. The fraction of sp³-hybridized carbons (Fsp3) is 0.185. The minimum absolute atomic E-state index is 0.0264. The molecule has 1 N–H and O–H groups in total. The van der Waals surface area contributed by atoms with Gasteiger partial charge in [0.05, 0.1) is 57.0 Å².